The summed E-state index contributed by atoms with van der Waals surface area (Å²) in [6.07, 6.45) is 1.12. The standard InChI is InChI=1S/C21H21N3O3/c25-20(23-17-7-6-16-8-9-22-18(16)12-17)13-19-21(26)24(10-11-27-19)14-15-4-2-1-3-5-15/h1-9,12,19,22H,10-11,13-14H2,(H,23,25). The van der Waals surface area contributed by atoms with E-state index in [0.29, 0.717) is 25.4 Å². The van der Waals surface area contributed by atoms with Gasteiger partial charge in [0.25, 0.3) is 5.91 Å². The van der Waals surface area contributed by atoms with Crippen molar-refractivity contribution in [3.05, 3.63) is 66.4 Å². The number of anilines is 1. The molecular weight excluding hydrogens is 342 g/mol. The molecule has 138 valence electrons. The highest BCUT2D eigenvalue weighted by atomic mass is 16.5. The Bertz CT molecular complexity index is 951. The molecule has 2 aromatic carbocycles. The molecule has 0 aliphatic carbocycles. The summed E-state index contributed by atoms with van der Waals surface area (Å²) in [6.45, 7) is 1.50. The van der Waals surface area contributed by atoms with Crippen LogP contribution < -0.4 is 5.32 Å². The molecule has 2 heterocycles. The zero-order chi connectivity index (χ0) is 18.6. The van der Waals surface area contributed by atoms with Crippen molar-refractivity contribution in [1.82, 2.24) is 9.88 Å². The minimum atomic E-state index is -0.739. The molecule has 1 saturated heterocycles. The second-order valence-electron chi connectivity index (χ2n) is 6.64. The SMILES string of the molecule is O=C(CC1OCCN(Cc2ccccc2)C1=O)Nc1ccc2cc[nH]c2c1. The lowest BCUT2D eigenvalue weighted by Crippen LogP contribution is -2.48. The largest absolute Gasteiger partial charge is 0.366 e. The predicted molar refractivity (Wildman–Crippen MR) is 103 cm³/mol. The van der Waals surface area contributed by atoms with Crippen LogP contribution in [0.4, 0.5) is 5.69 Å². The van der Waals surface area contributed by atoms with E-state index in [2.05, 4.69) is 10.3 Å². The smallest absolute Gasteiger partial charge is 0.252 e. The summed E-state index contributed by atoms with van der Waals surface area (Å²) in [6, 6.07) is 17.4. The van der Waals surface area contributed by atoms with Crippen molar-refractivity contribution in [2.75, 3.05) is 18.5 Å². The van der Waals surface area contributed by atoms with Crippen LogP contribution in [0.5, 0.6) is 0 Å². The number of morpholine rings is 1. The van der Waals surface area contributed by atoms with Crippen LogP contribution in [0, 0.1) is 0 Å². The van der Waals surface area contributed by atoms with Gasteiger partial charge < -0.3 is 19.9 Å². The molecule has 1 aromatic heterocycles. The number of benzene rings is 2. The van der Waals surface area contributed by atoms with Crippen LogP contribution in [0.2, 0.25) is 0 Å². The highest BCUT2D eigenvalue weighted by Gasteiger charge is 2.31. The number of nitrogens with one attached hydrogen (secondary N) is 2. The van der Waals surface area contributed by atoms with Gasteiger partial charge in [-0.2, -0.15) is 0 Å². The number of H-pyrrole nitrogens is 1. The van der Waals surface area contributed by atoms with Gasteiger partial charge in [0.1, 0.15) is 6.10 Å². The highest BCUT2D eigenvalue weighted by Crippen LogP contribution is 2.19. The Morgan fingerprint density at radius 1 is 1.19 bits per heavy atom. The molecule has 0 spiro atoms. The fraction of sp³-hybridized carbons (Fsp3) is 0.238. The summed E-state index contributed by atoms with van der Waals surface area (Å²) in [5.74, 6) is -0.374. The van der Waals surface area contributed by atoms with Crippen molar-refractivity contribution in [3.8, 4) is 0 Å². The maximum absolute atomic E-state index is 12.7. The van der Waals surface area contributed by atoms with Crippen molar-refractivity contribution in [3.63, 3.8) is 0 Å². The lowest BCUT2D eigenvalue weighted by Gasteiger charge is -2.32. The summed E-state index contributed by atoms with van der Waals surface area (Å²) in [7, 11) is 0. The minimum absolute atomic E-state index is 0.00683. The average molecular weight is 363 g/mol. The Hall–Kier alpha value is -3.12. The maximum Gasteiger partial charge on any atom is 0.252 e. The zero-order valence-corrected chi connectivity index (χ0v) is 14.9. The van der Waals surface area contributed by atoms with E-state index >= 15 is 0 Å². The fourth-order valence-corrected chi connectivity index (χ4v) is 3.30. The third kappa shape index (κ3) is 4.01. The topological polar surface area (TPSA) is 74.4 Å². The van der Waals surface area contributed by atoms with Crippen molar-refractivity contribution < 1.29 is 14.3 Å². The molecule has 2 N–H and O–H groups in total. The Labute approximate surface area is 157 Å². The normalized spacial score (nSPS) is 17.3. The number of rotatable bonds is 5. The van der Waals surface area contributed by atoms with Gasteiger partial charge in [0.2, 0.25) is 5.91 Å². The van der Waals surface area contributed by atoms with Crippen molar-refractivity contribution in [2.24, 2.45) is 0 Å². The molecule has 1 unspecified atom stereocenters. The first-order chi connectivity index (χ1) is 13.2. The third-order valence-electron chi connectivity index (χ3n) is 4.69. The molecule has 1 atom stereocenters. The Morgan fingerprint density at radius 2 is 2.04 bits per heavy atom. The number of amides is 2. The van der Waals surface area contributed by atoms with Crippen LogP contribution in [0.25, 0.3) is 10.9 Å². The summed E-state index contributed by atoms with van der Waals surface area (Å²) < 4.78 is 5.57. The Balaban J connectivity index is 1.37. The van der Waals surface area contributed by atoms with Gasteiger partial charge in [0.05, 0.1) is 13.0 Å². The van der Waals surface area contributed by atoms with Crippen LogP contribution in [-0.4, -0.2) is 41.0 Å². The Kier molecular flexibility index (Phi) is 4.89. The molecule has 1 aliphatic heterocycles. The highest BCUT2D eigenvalue weighted by molar-refractivity contribution is 5.96. The minimum Gasteiger partial charge on any atom is -0.366 e. The van der Waals surface area contributed by atoms with Crippen LogP contribution in [-0.2, 0) is 20.9 Å². The van der Waals surface area contributed by atoms with Crippen molar-refractivity contribution in [2.45, 2.75) is 19.1 Å². The first-order valence-corrected chi connectivity index (χ1v) is 9.00. The number of aromatic amines is 1. The third-order valence-corrected chi connectivity index (χ3v) is 4.69. The first kappa shape index (κ1) is 17.3. The lowest BCUT2D eigenvalue weighted by molar-refractivity contribution is -0.155. The lowest BCUT2D eigenvalue weighted by atomic mass is 10.1. The predicted octanol–water partition coefficient (Wildman–Crippen LogP) is 2.92. The van der Waals surface area contributed by atoms with E-state index in [-0.39, 0.29) is 18.2 Å². The molecule has 1 fully saturated rings. The zero-order valence-electron chi connectivity index (χ0n) is 14.9. The molecular formula is C21H21N3O3. The van der Waals surface area contributed by atoms with Gasteiger partial charge in [0, 0.05) is 30.5 Å². The van der Waals surface area contributed by atoms with Gasteiger partial charge in [-0.3, -0.25) is 9.59 Å². The number of aromatic nitrogens is 1. The quantitative estimate of drug-likeness (QED) is 0.732. The van der Waals surface area contributed by atoms with E-state index in [1.54, 1.807) is 4.90 Å². The summed E-state index contributed by atoms with van der Waals surface area (Å²) in [5.41, 5.74) is 2.71. The van der Waals surface area contributed by atoms with Crippen LogP contribution in [0.1, 0.15) is 12.0 Å². The second-order valence-corrected chi connectivity index (χ2v) is 6.64. The number of carbonyl (C=O) groups excluding carboxylic acids is 2. The van der Waals surface area contributed by atoms with Crippen LogP contribution in [0.3, 0.4) is 0 Å². The molecule has 0 bridgehead atoms. The van der Waals surface area contributed by atoms with Crippen molar-refractivity contribution in [1.29, 1.82) is 0 Å². The number of nitrogens with zero attached hydrogens (tertiary/aromatic N) is 1. The number of hydrogen-bond donors (Lipinski definition) is 2. The van der Waals surface area contributed by atoms with E-state index < -0.39 is 6.10 Å². The molecule has 27 heavy (non-hydrogen) atoms. The number of ether oxygens (including phenoxy) is 1. The summed E-state index contributed by atoms with van der Waals surface area (Å²) in [4.78, 5) is 29.9. The van der Waals surface area contributed by atoms with E-state index in [1.165, 1.54) is 0 Å². The first-order valence-electron chi connectivity index (χ1n) is 9.00. The molecule has 4 rings (SSSR count). The monoisotopic (exact) mass is 363 g/mol. The second kappa shape index (κ2) is 7.63. The molecule has 6 heteroatoms. The average Bonchev–Trinajstić information content (AvgIpc) is 3.14. The molecule has 0 saturated carbocycles. The van der Waals surface area contributed by atoms with E-state index in [9.17, 15) is 9.59 Å². The summed E-state index contributed by atoms with van der Waals surface area (Å²) >= 11 is 0. The molecule has 6 nitrogen and oxygen atoms in total. The number of fused-ring (bicyclic) bond motifs is 1. The molecule has 1 aliphatic rings. The van der Waals surface area contributed by atoms with Gasteiger partial charge in [-0.1, -0.05) is 36.4 Å². The Morgan fingerprint density at radius 3 is 2.89 bits per heavy atom. The number of carbonyl (C=O) groups is 2. The van der Waals surface area contributed by atoms with Gasteiger partial charge in [0.15, 0.2) is 0 Å². The van der Waals surface area contributed by atoms with Gasteiger partial charge in [-0.05, 0) is 29.1 Å². The van der Waals surface area contributed by atoms with Gasteiger partial charge in [-0.25, -0.2) is 0 Å². The maximum atomic E-state index is 12.7. The van der Waals surface area contributed by atoms with E-state index in [4.69, 9.17) is 4.74 Å². The van der Waals surface area contributed by atoms with Crippen LogP contribution >= 0.6 is 0 Å². The fourth-order valence-electron chi connectivity index (χ4n) is 3.30. The van der Waals surface area contributed by atoms with Gasteiger partial charge in [-0.15, -0.1) is 0 Å². The van der Waals surface area contributed by atoms with Crippen LogP contribution in [0.15, 0.2) is 60.8 Å². The molecule has 3 aromatic rings. The molecule has 0 radical (unpaired) electrons. The van der Waals surface area contributed by atoms with Crippen molar-refractivity contribution >= 4 is 28.4 Å². The summed E-state index contributed by atoms with van der Waals surface area (Å²) in [5, 5.41) is 3.93. The van der Waals surface area contributed by atoms with E-state index in [1.807, 2.05) is 60.8 Å². The van der Waals surface area contributed by atoms with Gasteiger partial charge >= 0.3 is 0 Å². The van der Waals surface area contributed by atoms with E-state index in [0.717, 1.165) is 16.5 Å². The number of hydrogen-bond acceptors (Lipinski definition) is 3. The molecule has 2 amide bonds.